The van der Waals surface area contributed by atoms with Crippen LogP contribution < -0.4 is 0 Å². The van der Waals surface area contributed by atoms with Gasteiger partial charge >= 0.3 is 6.18 Å². The number of nitrogens with zero attached hydrogens (tertiary/aromatic N) is 3. The second-order valence-electron chi connectivity index (χ2n) is 3.94. The average molecular weight is 269 g/mol. The summed E-state index contributed by atoms with van der Waals surface area (Å²) in [7, 11) is 1.57. The summed E-state index contributed by atoms with van der Waals surface area (Å²) in [6, 6.07) is 4.71. The lowest BCUT2D eigenvalue weighted by Gasteiger charge is -2.11. The SMILES string of the molecule is Cn1ncnc1CC(=O)c1ccccc1C(F)(F)F. The molecule has 1 aromatic heterocycles. The molecule has 19 heavy (non-hydrogen) atoms. The molecule has 0 spiro atoms. The van der Waals surface area contributed by atoms with Gasteiger partial charge in [-0.05, 0) is 6.07 Å². The van der Waals surface area contributed by atoms with E-state index in [2.05, 4.69) is 10.1 Å². The molecule has 1 heterocycles. The first-order chi connectivity index (χ1) is 8.89. The molecule has 0 fully saturated rings. The Balaban J connectivity index is 2.32. The monoisotopic (exact) mass is 269 g/mol. The van der Waals surface area contributed by atoms with Crippen molar-refractivity contribution in [3.8, 4) is 0 Å². The van der Waals surface area contributed by atoms with Gasteiger partial charge in [-0.25, -0.2) is 4.98 Å². The fraction of sp³-hybridized carbons (Fsp3) is 0.250. The fourth-order valence-electron chi connectivity index (χ4n) is 1.69. The van der Waals surface area contributed by atoms with E-state index in [1.54, 1.807) is 7.05 Å². The van der Waals surface area contributed by atoms with Crippen molar-refractivity contribution in [2.75, 3.05) is 0 Å². The summed E-state index contributed by atoms with van der Waals surface area (Å²) in [5, 5.41) is 3.77. The molecule has 0 bridgehead atoms. The first-order valence-electron chi connectivity index (χ1n) is 5.42. The van der Waals surface area contributed by atoms with E-state index in [1.807, 2.05) is 0 Å². The molecule has 100 valence electrons. The lowest BCUT2D eigenvalue weighted by Crippen LogP contribution is -2.16. The number of hydrogen-bond donors (Lipinski definition) is 0. The molecule has 4 nitrogen and oxygen atoms in total. The molecular formula is C12H10F3N3O. The highest BCUT2D eigenvalue weighted by atomic mass is 19.4. The van der Waals surface area contributed by atoms with Crippen molar-refractivity contribution in [2.45, 2.75) is 12.6 Å². The number of hydrogen-bond acceptors (Lipinski definition) is 3. The summed E-state index contributed by atoms with van der Waals surface area (Å²) in [6.07, 6.45) is -3.52. The summed E-state index contributed by atoms with van der Waals surface area (Å²) in [5.74, 6) is -0.314. The number of ketones is 1. The van der Waals surface area contributed by atoms with Crippen molar-refractivity contribution in [1.82, 2.24) is 14.8 Å². The molecule has 0 radical (unpaired) electrons. The number of carbonyl (C=O) groups is 1. The lowest BCUT2D eigenvalue weighted by atomic mass is 10.0. The predicted molar refractivity (Wildman–Crippen MR) is 60.5 cm³/mol. The molecule has 0 aliphatic carbocycles. The Kier molecular flexibility index (Phi) is 3.37. The Labute approximate surface area is 106 Å². The molecule has 0 amide bonds. The van der Waals surface area contributed by atoms with Gasteiger partial charge in [0, 0.05) is 12.6 Å². The van der Waals surface area contributed by atoms with Crippen molar-refractivity contribution < 1.29 is 18.0 Å². The third-order valence-electron chi connectivity index (χ3n) is 2.66. The van der Waals surface area contributed by atoms with Crippen molar-refractivity contribution in [3.63, 3.8) is 0 Å². The first kappa shape index (κ1) is 13.3. The molecule has 0 atom stereocenters. The van der Waals surface area contributed by atoms with Gasteiger partial charge in [-0.1, -0.05) is 18.2 Å². The maximum atomic E-state index is 12.8. The van der Waals surface area contributed by atoms with E-state index >= 15 is 0 Å². The van der Waals surface area contributed by atoms with Gasteiger partial charge in [0.05, 0.1) is 12.0 Å². The van der Waals surface area contributed by atoms with Crippen LogP contribution in [0.15, 0.2) is 30.6 Å². The van der Waals surface area contributed by atoms with Gasteiger partial charge < -0.3 is 0 Å². The van der Waals surface area contributed by atoms with Gasteiger partial charge in [0.15, 0.2) is 5.78 Å². The van der Waals surface area contributed by atoms with Crippen LogP contribution >= 0.6 is 0 Å². The van der Waals surface area contributed by atoms with Gasteiger partial charge in [0.2, 0.25) is 0 Å². The molecule has 1 aromatic carbocycles. The highest BCUT2D eigenvalue weighted by Gasteiger charge is 2.34. The van der Waals surface area contributed by atoms with Crippen molar-refractivity contribution in [2.24, 2.45) is 7.05 Å². The molecule has 0 N–H and O–H groups in total. The summed E-state index contributed by atoms with van der Waals surface area (Å²) in [5.41, 5.74) is -1.28. The summed E-state index contributed by atoms with van der Waals surface area (Å²) < 4.78 is 39.7. The number of benzene rings is 1. The molecule has 7 heteroatoms. The Morgan fingerprint density at radius 1 is 1.32 bits per heavy atom. The average Bonchev–Trinajstić information content (AvgIpc) is 2.74. The number of alkyl halides is 3. The van der Waals surface area contributed by atoms with E-state index in [4.69, 9.17) is 0 Å². The van der Waals surface area contributed by atoms with E-state index < -0.39 is 17.5 Å². The molecule has 0 unspecified atom stereocenters. The minimum atomic E-state index is -4.55. The third-order valence-corrected chi connectivity index (χ3v) is 2.66. The molecule has 0 aliphatic heterocycles. The molecular weight excluding hydrogens is 259 g/mol. The maximum absolute atomic E-state index is 12.8. The van der Waals surface area contributed by atoms with Crippen LogP contribution in [0.3, 0.4) is 0 Å². The quantitative estimate of drug-likeness (QED) is 0.803. The smallest absolute Gasteiger partial charge is 0.294 e. The van der Waals surface area contributed by atoms with E-state index in [1.165, 1.54) is 29.2 Å². The van der Waals surface area contributed by atoms with Gasteiger partial charge in [-0.2, -0.15) is 18.3 Å². The van der Waals surface area contributed by atoms with E-state index in [-0.39, 0.29) is 12.0 Å². The minimum absolute atomic E-state index is 0.219. The lowest BCUT2D eigenvalue weighted by molar-refractivity contribution is -0.137. The van der Waals surface area contributed by atoms with Crippen molar-refractivity contribution >= 4 is 5.78 Å². The second kappa shape index (κ2) is 4.83. The Morgan fingerprint density at radius 2 is 2.00 bits per heavy atom. The zero-order chi connectivity index (χ0) is 14.0. The van der Waals surface area contributed by atoms with Crippen LogP contribution in [-0.2, 0) is 19.6 Å². The molecule has 0 saturated carbocycles. The molecule has 2 rings (SSSR count). The number of carbonyl (C=O) groups excluding carboxylic acids is 1. The van der Waals surface area contributed by atoms with Crippen LogP contribution in [0.2, 0.25) is 0 Å². The number of aromatic nitrogens is 3. The highest BCUT2D eigenvalue weighted by Crippen LogP contribution is 2.32. The summed E-state index contributed by atoms with van der Waals surface area (Å²) in [6.45, 7) is 0. The highest BCUT2D eigenvalue weighted by molar-refractivity contribution is 5.98. The molecule has 0 aliphatic rings. The Morgan fingerprint density at radius 3 is 2.58 bits per heavy atom. The van der Waals surface area contributed by atoms with Crippen LogP contribution in [0.5, 0.6) is 0 Å². The van der Waals surface area contributed by atoms with Crippen molar-refractivity contribution in [1.29, 1.82) is 0 Å². The zero-order valence-electron chi connectivity index (χ0n) is 9.98. The van der Waals surface area contributed by atoms with Crippen LogP contribution in [0, 0.1) is 0 Å². The van der Waals surface area contributed by atoms with Gasteiger partial charge in [0.1, 0.15) is 12.2 Å². The first-order valence-corrected chi connectivity index (χ1v) is 5.42. The largest absolute Gasteiger partial charge is 0.417 e. The second-order valence-corrected chi connectivity index (χ2v) is 3.94. The van der Waals surface area contributed by atoms with Crippen molar-refractivity contribution in [3.05, 3.63) is 47.5 Å². The number of rotatable bonds is 3. The van der Waals surface area contributed by atoms with E-state index in [0.717, 1.165) is 6.07 Å². The normalized spacial score (nSPS) is 11.6. The van der Waals surface area contributed by atoms with Gasteiger partial charge in [0.25, 0.3) is 0 Å². The standard InChI is InChI=1S/C12H10F3N3O/c1-18-11(16-7-17-18)6-10(19)8-4-2-3-5-9(8)12(13,14)15/h2-5,7H,6H2,1H3. The Bertz CT molecular complexity index is 604. The van der Waals surface area contributed by atoms with Crippen LogP contribution in [0.4, 0.5) is 13.2 Å². The predicted octanol–water partition coefficient (Wildman–Crippen LogP) is 2.26. The number of aryl methyl sites for hydroxylation is 1. The summed E-state index contributed by atoms with van der Waals surface area (Å²) in [4.78, 5) is 15.8. The minimum Gasteiger partial charge on any atom is -0.294 e. The summed E-state index contributed by atoms with van der Waals surface area (Å²) >= 11 is 0. The third kappa shape index (κ3) is 2.81. The van der Waals surface area contributed by atoms with Gasteiger partial charge in [-0.3, -0.25) is 9.48 Å². The fourth-order valence-corrected chi connectivity index (χ4v) is 1.69. The van der Waals surface area contributed by atoms with Crippen LogP contribution in [0.25, 0.3) is 0 Å². The van der Waals surface area contributed by atoms with Crippen LogP contribution in [-0.4, -0.2) is 20.5 Å². The van der Waals surface area contributed by atoms with Gasteiger partial charge in [-0.15, -0.1) is 0 Å². The molecule has 0 saturated heterocycles. The van der Waals surface area contributed by atoms with Crippen LogP contribution in [0.1, 0.15) is 21.7 Å². The number of Topliss-reactive ketones (excluding diaryl/α,β-unsaturated/α-hetero) is 1. The zero-order valence-corrected chi connectivity index (χ0v) is 9.98. The topological polar surface area (TPSA) is 47.8 Å². The number of halogens is 3. The Hall–Kier alpha value is -2.18. The van der Waals surface area contributed by atoms with E-state index in [0.29, 0.717) is 5.82 Å². The van der Waals surface area contributed by atoms with E-state index in [9.17, 15) is 18.0 Å². The molecule has 2 aromatic rings. The maximum Gasteiger partial charge on any atom is 0.417 e.